The highest BCUT2D eigenvalue weighted by atomic mass is 16.5. The molecule has 18 heavy (non-hydrogen) atoms. The number of rotatable bonds is 4. The summed E-state index contributed by atoms with van der Waals surface area (Å²) in [4.78, 5) is 20.2. The van der Waals surface area contributed by atoms with Gasteiger partial charge < -0.3 is 9.47 Å². The highest BCUT2D eigenvalue weighted by Crippen LogP contribution is 2.29. The van der Waals surface area contributed by atoms with Crippen LogP contribution < -0.4 is 9.47 Å². The molecule has 92 valence electrons. The van der Waals surface area contributed by atoms with Crippen molar-refractivity contribution in [1.82, 2.24) is 9.97 Å². The van der Waals surface area contributed by atoms with E-state index in [2.05, 4.69) is 9.97 Å². The van der Waals surface area contributed by atoms with Gasteiger partial charge in [0.05, 0.1) is 20.4 Å². The summed E-state index contributed by atoms with van der Waals surface area (Å²) in [5, 5.41) is 0. The highest BCUT2D eigenvalue weighted by Gasteiger charge is 2.20. The Morgan fingerprint density at radius 1 is 1.11 bits per heavy atom. The molecule has 0 N–H and O–H groups in total. The van der Waals surface area contributed by atoms with E-state index in [0.717, 1.165) is 0 Å². The van der Waals surface area contributed by atoms with E-state index in [-0.39, 0.29) is 11.5 Å². The van der Waals surface area contributed by atoms with Gasteiger partial charge in [-0.1, -0.05) is 6.07 Å². The summed E-state index contributed by atoms with van der Waals surface area (Å²) in [5.41, 5.74) is 0.600. The van der Waals surface area contributed by atoms with Gasteiger partial charge in [0, 0.05) is 12.4 Å². The molecule has 0 radical (unpaired) electrons. The van der Waals surface area contributed by atoms with Gasteiger partial charge in [0.2, 0.25) is 5.78 Å². The lowest BCUT2D eigenvalue weighted by molar-refractivity contribution is 0.102. The molecule has 5 nitrogen and oxygen atoms in total. The molecule has 0 unspecified atom stereocenters. The Balaban J connectivity index is 2.53. The topological polar surface area (TPSA) is 61.3 Å². The number of carbonyl (C=O) groups is 1. The van der Waals surface area contributed by atoms with Gasteiger partial charge in [0.1, 0.15) is 22.8 Å². The summed E-state index contributed by atoms with van der Waals surface area (Å²) >= 11 is 0. The van der Waals surface area contributed by atoms with Crippen LogP contribution in [0.15, 0.2) is 36.8 Å². The van der Waals surface area contributed by atoms with Crippen LogP contribution in [0.3, 0.4) is 0 Å². The van der Waals surface area contributed by atoms with E-state index >= 15 is 0 Å². The molecule has 0 bridgehead atoms. The third kappa shape index (κ3) is 2.15. The van der Waals surface area contributed by atoms with Crippen molar-refractivity contribution in [3.05, 3.63) is 48.0 Å². The molecule has 0 aliphatic carbocycles. The number of hydrogen-bond donors (Lipinski definition) is 0. The van der Waals surface area contributed by atoms with E-state index in [1.807, 2.05) is 0 Å². The van der Waals surface area contributed by atoms with Gasteiger partial charge in [-0.15, -0.1) is 0 Å². The van der Waals surface area contributed by atoms with Crippen molar-refractivity contribution in [3.8, 4) is 11.5 Å². The molecule has 0 aliphatic heterocycles. The first-order valence-electron chi connectivity index (χ1n) is 5.29. The SMILES string of the molecule is COc1cccc(OC)c1C(=O)c1cnccn1. The fourth-order valence-corrected chi connectivity index (χ4v) is 1.62. The van der Waals surface area contributed by atoms with Gasteiger partial charge >= 0.3 is 0 Å². The predicted octanol–water partition coefficient (Wildman–Crippen LogP) is 1.72. The lowest BCUT2D eigenvalue weighted by Crippen LogP contribution is -2.08. The van der Waals surface area contributed by atoms with Gasteiger partial charge in [-0.05, 0) is 12.1 Å². The normalized spacial score (nSPS) is 9.89. The van der Waals surface area contributed by atoms with Crippen LogP contribution >= 0.6 is 0 Å². The average Bonchev–Trinajstić information content (AvgIpc) is 2.46. The molecule has 0 saturated heterocycles. The number of benzene rings is 1. The molecule has 0 aliphatic rings. The monoisotopic (exact) mass is 244 g/mol. The zero-order valence-corrected chi connectivity index (χ0v) is 10.1. The van der Waals surface area contributed by atoms with Crippen LogP contribution in [0, 0.1) is 0 Å². The molecule has 1 heterocycles. The first kappa shape index (κ1) is 12.0. The Hall–Kier alpha value is -2.43. The highest BCUT2D eigenvalue weighted by molar-refractivity contribution is 6.11. The third-order valence-corrected chi connectivity index (χ3v) is 2.45. The number of carbonyl (C=O) groups excluding carboxylic acids is 1. The standard InChI is InChI=1S/C13H12N2O3/c1-17-10-4-3-5-11(18-2)12(10)13(16)9-8-14-6-7-15-9/h3-8H,1-2H3. The molecule has 1 aromatic carbocycles. The van der Waals surface area contributed by atoms with Gasteiger partial charge in [0.15, 0.2) is 0 Å². The fraction of sp³-hybridized carbons (Fsp3) is 0.154. The van der Waals surface area contributed by atoms with E-state index in [1.165, 1.54) is 32.8 Å². The molecule has 5 heteroatoms. The summed E-state index contributed by atoms with van der Waals surface area (Å²) in [6, 6.07) is 5.16. The third-order valence-electron chi connectivity index (χ3n) is 2.45. The zero-order valence-electron chi connectivity index (χ0n) is 10.1. The lowest BCUT2D eigenvalue weighted by atomic mass is 10.1. The number of hydrogen-bond acceptors (Lipinski definition) is 5. The van der Waals surface area contributed by atoms with Gasteiger partial charge in [0.25, 0.3) is 0 Å². The minimum absolute atomic E-state index is 0.250. The molecule has 0 spiro atoms. The van der Waals surface area contributed by atoms with Crippen molar-refractivity contribution in [1.29, 1.82) is 0 Å². The second kappa shape index (κ2) is 5.27. The number of nitrogens with zero attached hydrogens (tertiary/aromatic N) is 2. The lowest BCUT2D eigenvalue weighted by Gasteiger charge is -2.11. The maximum absolute atomic E-state index is 12.3. The summed E-state index contributed by atoms with van der Waals surface area (Å²) in [6.45, 7) is 0. The quantitative estimate of drug-likeness (QED) is 0.766. The van der Waals surface area contributed by atoms with E-state index in [4.69, 9.17) is 9.47 Å². The first-order chi connectivity index (χ1) is 8.77. The number of ether oxygens (including phenoxy) is 2. The molecule has 2 aromatic rings. The van der Waals surface area contributed by atoms with Crippen LogP contribution in [0.2, 0.25) is 0 Å². The van der Waals surface area contributed by atoms with Crippen molar-refractivity contribution in [2.75, 3.05) is 14.2 Å². The Kier molecular flexibility index (Phi) is 3.52. The van der Waals surface area contributed by atoms with Gasteiger partial charge in [-0.25, -0.2) is 4.98 Å². The fourth-order valence-electron chi connectivity index (χ4n) is 1.62. The second-order valence-corrected chi connectivity index (χ2v) is 3.46. The maximum atomic E-state index is 12.3. The smallest absolute Gasteiger partial charge is 0.220 e. The average molecular weight is 244 g/mol. The number of ketones is 1. The van der Waals surface area contributed by atoms with Crippen LogP contribution in [0.4, 0.5) is 0 Å². The van der Waals surface area contributed by atoms with Crippen molar-refractivity contribution in [3.63, 3.8) is 0 Å². The molecule has 0 saturated carbocycles. The van der Waals surface area contributed by atoms with Crippen molar-refractivity contribution in [2.45, 2.75) is 0 Å². The zero-order chi connectivity index (χ0) is 13.0. The Bertz CT molecular complexity index is 533. The Labute approximate surface area is 104 Å². The van der Waals surface area contributed by atoms with Gasteiger partial charge in [-0.2, -0.15) is 0 Å². The molecule has 1 aromatic heterocycles. The van der Waals surface area contributed by atoms with E-state index in [9.17, 15) is 4.79 Å². The molecule has 0 fully saturated rings. The number of aromatic nitrogens is 2. The molecule has 0 amide bonds. The van der Waals surface area contributed by atoms with Crippen molar-refractivity contribution in [2.24, 2.45) is 0 Å². The second-order valence-electron chi connectivity index (χ2n) is 3.46. The van der Waals surface area contributed by atoms with Gasteiger partial charge in [-0.3, -0.25) is 9.78 Å². The first-order valence-corrected chi connectivity index (χ1v) is 5.29. The molecule has 0 atom stereocenters. The van der Waals surface area contributed by atoms with Crippen LogP contribution in [-0.2, 0) is 0 Å². The molecule has 2 rings (SSSR count). The van der Waals surface area contributed by atoms with Crippen molar-refractivity contribution >= 4 is 5.78 Å². The van der Waals surface area contributed by atoms with Crippen LogP contribution in [0.1, 0.15) is 16.1 Å². The maximum Gasteiger partial charge on any atom is 0.220 e. The van der Waals surface area contributed by atoms with E-state index in [0.29, 0.717) is 17.1 Å². The Morgan fingerprint density at radius 3 is 2.28 bits per heavy atom. The largest absolute Gasteiger partial charge is 0.496 e. The number of methoxy groups -OCH3 is 2. The molecular formula is C13H12N2O3. The summed E-state index contributed by atoms with van der Waals surface area (Å²) < 4.78 is 10.4. The summed E-state index contributed by atoms with van der Waals surface area (Å²) in [5.74, 6) is 0.618. The van der Waals surface area contributed by atoms with Crippen LogP contribution in [0.5, 0.6) is 11.5 Å². The minimum atomic E-state index is -0.280. The summed E-state index contributed by atoms with van der Waals surface area (Å²) in [6.07, 6.45) is 4.39. The van der Waals surface area contributed by atoms with E-state index in [1.54, 1.807) is 18.2 Å². The minimum Gasteiger partial charge on any atom is -0.496 e. The Morgan fingerprint density at radius 2 is 1.78 bits per heavy atom. The van der Waals surface area contributed by atoms with Crippen LogP contribution in [0.25, 0.3) is 0 Å². The predicted molar refractivity (Wildman–Crippen MR) is 65.0 cm³/mol. The van der Waals surface area contributed by atoms with E-state index < -0.39 is 0 Å². The van der Waals surface area contributed by atoms with Crippen molar-refractivity contribution < 1.29 is 14.3 Å². The molecular weight excluding hydrogens is 232 g/mol. The van der Waals surface area contributed by atoms with Crippen LogP contribution in [-0.4, -0.2) is 30.0 Å². The summed E-state index contributed by atoms with van der Waals surface area (Å²) in [7, 11) is 3.00.